The molecule has 0 aromatic heterocycles. The summed E-state index contributed by atoms with van der Waals surface area (Å²) >= 11 is 1.46. The molecule has 1 heterocycles. The number of carbonyl (C=O) groups is 1. The average molecular weight is 256 g/mol. The summed E-state index contributed by atoms with van der Waals surface area (Å²) in [6.07, 6.45) is 0. The third-order valence-corrected chi connectivity index (χ3v) is 3.44. The molecule has 5 heteroatoms. The van der Waals surface area contributed by atoms with E-state index in [4.69, 9.17) is 9.47 Å². The van der Waals surface area contributed by atoms with Crippen LogP contribution in [0.5, 0.6) is 5.75 Å². The van der Waals surface area contributed by atoms with Gasteiger partial charge in [0.15, 0.2) is 6.79 Å². The summed E-state index contributed by atoms with van der Waals surface area (Å²) in [7, 11) is 0. The summed E-state index contributed by atoms with van der Waals surface area (Å²) in [5, 5.41) is 0. The number of carbonyl (C=O) groups excluding carboxylic acids is 1. The number of rotatable bonds is 4. The van der Waals surface area contributed by atoms with Gasteiger partial charge in [-0.05, 0) is 19.1 Å². The highest BCUT2D eigenvalue weighted by molar-refractivity contribution is 7.99. The lowest BCUT2D eigenvalue weighted by Gasteiger charge is -2.20. The number of halogens is 1. The van der Waals surface area contributed by atoms with E-state index in [0.717, 1.165) is 11.1 Å². The molecule has 0 radical (unpaired) electrons. The zero-order chi connectivity index (χ0) is 12.3. The van der Waals surface area contributed by atoms with Crippen molar-refractivity contribution in [1.29, 1.82) is 0 Å². The molecule has 92 valence electrons. The Bertz CT molecular complexity index is 434. The molecule has 0 bridgehead atoms. The van der Waals surface area contributed by atoms with Crippen LogP contribution in [0.1, 0.15) is 18.1 Å². The number of hydrogen-bond acceptors (Lipinski definition) is 4. The fourth-order valence-corrected chi connectivity index (χ4v) is 2.49. The first kappa shape index (κ1) is 12.4. The zero-order valence-electron chi connectivity index (χ0n) is 9.49. The molecular weight excluding hydrogens is 243 g/mol. The molecule has 2 rings (SSSR count). The average Bonchev–Trinajstić information content (AvgIpc) is 2.28. The van der Waals surface area contributed by atoms with Crippen LogP contribution in [0.4, 0.5) is 4.39 Å². The van der Waals surface area contributed by atoms with E-state index >= 15 is 0 Å². The van der Waals surface area contributed by atoms with Gasteiger partial charge < -0.3 is 9.47 Å². The van der Waals surface area contributed by atoms with Crippen molar-refractivity contribution in [2.24, 2.45) is 0 Å². The fourth-order valence-electron chi connectivity index (χ4n) is 1.67. The van der Waals surface area contributed by atoms with E-state index in [2.05, 4.69) is 0 Å². The number of Topliss-reactive ketones (excluding diaryl/α,β-unsaturated/α-hetero) is 1. The maximum Gasteiger partial charge on any atom is 0.189 e. The Morgan fingerprint density at radius 1 is 1.53 bits per heavy atom. The standard InChI is InChI=1S/C12H13FO3S/c1-8(14)5-17-6-10-3-11(13)2-9-4-15-7-16-12(9)10/h2-3H,4-7H2,1H3. The number of fused-ring (bicyclic) bond motifs is 1. The van der Waals surface area contributed by atoms with Crippen LogP contribution in [0.25, 0.3) is 0 Å². The van der Waals surface area contributed by atoms with Gasteiger partial charge in [0.05, 0.1) is 12.4 Å². The monoisotopic (exact) mass is 256 g/mol. The van der Waals surface area contributed by atoms with Crippen molar-refractivity contribution in [1.82, 2.24) is 0 Å². The van der Waals surface area contributed by atoms with Gasteiger partial charge in [-0.1, -0.05) is 0 Å². The number of ether oxygens (including phenoxy) is 2. The highest BCUT2D eigenvalue weighted by atomic mass is 32.2. The van der Waals surface area contributed by atoms with Gasteiger partial charge in [-0.25, -0.2) is 4.39 Å². The first-order valence-corrected chi connectivity index (χ1v) is 6.41. The number of benzene rings is 1. The molecule has 0 saturated heterocycles. The fraction of sp³-hybridized carbons (Fsp3) is 0.417. The Morgan fingerprint density at radius 2 is 2.35 bits per heavy atom. The topological polar surface area (TPSA) is 35.5 Å². The summed E-state index contributed by atoms with van der Waals surface area (Å²) in [5.41, 5.74) is 1.52. The van der Waals surface area contributed by atoms with Crippen molar-refractivity contribution in [3.8, 4) is 5.75 Å². The third-order valence-electron chi connectivity index (χ3n) is 2.31. The maximum absolute atomic E-state index is 13.4. The van der Waals surface area contributed by atoms with E-state index in [-0.39, 0.29) is 18.4 Å². The van der Waals surface area contributed by atoms with Gasteiger partial charge in [-0.3, -0.25) is 4.79 Å². The van der Waals surface area contributed by atoms with Gasteiger partial charge in [-0.2, -0.15) is 0 Å². The van der Waals surface area contributed by atoms with Gasteiger partial charge in [-0.15, -0.1) is 11.8 Å². The Kier molecular flexibility index (Phi) is 4.02. The van der Waals surface area contributed by atoms with Crippen LogP contribution in [-0.4, -0.2) is 18.3 Å². The first-order chi connectivity index (χ1) is 8.16. The minimum absolute atomic E-state index is 0.115. The minimum Gasteiger partial charge on any atom is -0.467 e. The summed E-state index contributed by atoms with van der Waals surface area (Å²) in [4.78, 5) is 10.8. The lowest BCUT2D eigenvalue weighted by atomic mass is 10.1. The molecule has 0 fully saturated rings. The number of ketones is 1. The minimum atomic E-state index is -0.295. The van der Waals surface area contributed by atoms with Gasteiger partial charge in [0.2, 0.25) is 0 Å². The molecule has 1 aliphatic rings. The molecule has 0 spiro atoms. The van der Waals surface area contributed by atoms with Crippen molar-refractivity contribution < 1.29 is 18.7 Å². The molecule has 1 aromatic rings. The van der Waals surface area contributed by atoms with Crippen LogP contribution >= 0.6 is 11.8 Å². The lowest BCUT2D eigenvalue weighted by Crippen LogP contribution is -2.13. The molecular formula is C12H13FO3S. The lowest BCUT2D eigenvalue weighted by molar-refractivity contribution is -0.114. The van der Waals surface area contributed by atoms with Gasteiger partial charge in [0.25, 0.3) is 0 Å². The van der Waals surface area contributed by atoms with Gasteiger partial charge in [0.1, 0.15) is 17.3 Å². The molecule has 0 atom stereocenters. The maximum atomic E-state index is 13.4. The molecule has 0 saturated carbocycles. The van der Waals surface area contributed by atoms with Crippen LogP contribution in [-0.2, 0) is 21.9 Å². The highest BCUT2D eigenvalue weighted by Crippen LogP contribution is 2.31. The molecule has 0 aliphatic carbocycles. The smallest absolute Gasteiger partial charge is 0.189 e. The third kappa shape index (κ3) is 3.20. The van der Waals surface area contributed by atoms with E-state index in [1.807, 2.05) is 0 Å². The predicted molar refractivity (Wildman–Crippen MR) is 63.5 cm³/mol. The van der Waals surface area contributed by atoms with Gasteiger partial charge >= 0.3 is 0 Å². The summed E-state index contributed by atoms with van der Waals surface area (Å²) in [6, 6.07) is 2.88. The highest BCUT2D eigenvalue weighted by Gasteiger charge is 2.16. The number of thioether (sulfide) groups is 1. The Labute approximate surface area is 103 Å². The van der Waals surface area contributed by atoms with E-state index in [9.17, 15) is 9.18 Å². The zero-order valence-corrected chi connectivity index (χ0v) is 10.3. The summed E-state index contributed by atoms with van der Waals surface area (Å²) in [5.74, 6) is 1.52. The normalized spacial score (nSPS) is 14.0. The van der Waals surface area contributed by atoms with Crippen molar-refractivity contribution in [2.45, 2.75) is 19.3 Å². The summed E-state index contributed by atoms with van der Waals surface area (Å²) in [6.45, 7) is 2.11. The van der Waals surface area contributed by atoms with Crippen LogP contribution in [0.3, 0.4) is 0 Å². The van der Waals surface area contributed by atoms with Crippen LogP contribution < -0.4 is 4.74 Å². The second-order valence-electron chi connectivity index (χ2n) is 3.86. The van der Waals surface area contributed by atoms with E-state index < -0.39 is 0 Å². The van der Waals surface area contributed by atoms with Crippen molar-refractivity contribution in [2.75, 3.05) is 12.5 Å². The van der Waals surface area contributed by atoms with E-state index in [0.29, 0.717) is 23.9 Å². The summed E-state index contributed by atoms with van der Waals surface area (Å²) < 4.78 is 23.8. The Hall–Kier alpha value is -1.07. The largest absolute Gasteiger partial charge is 0.467 e. The van der Waals surface area contributed by atoms with Crippen LogP contribution in [0.15, 0.2) is 12.1 Å². The van der Waals surface area contributed by atoms with Crippen molar-refractivity contribution in [3.63, 3.8) is 0 Å². The van der Waals surface area contributed by atoms with Crippen molar-refractivity contribution in [3.05, 3.63) is 29.1 Å². The molecule has 1 aliphatic heterocycles. The van der Waals surface area contributed by atoms with Crippen molar-refractivity contribution >= 4 is 17.5 Å². The molecule has 0 N–H and O–H groups in total. The van der Waals surface area contributed by atoms with Crippen LogP contribution in [0.2, 0.25) is 0 Å². The van der Waals surface area contributed by atoms with E-state index in [1.54, 1.807) is 6.92 Å². The molecule has 3 nitrogen and oxygen atoms in total. The SMILES string of the molecule is CC(=O)CSCc1cc(F)cc2c1OCOC2. The number of hydrogen-bond donors (Lipinski definition) is 0. The first-order valence-electron chi connectivity index (χ1n) is 5.26. The predicted octanol–water partition coefficient (Wildman–Crippen LogP) is 2.51. The molecule has 0 amide bonds. The second kappa shape index (κ2) is 5.51. The Morgan fingerprint density at radius 3 is 3.12 bits per heavy atom. The van der Waals surface area contributed by atoms with Crippen LogP contribution in [0, 0.1) is 5.82 Å². The van der Waals surface area contributed by atoms with E-state index in [1.165, 1.54) is 23.9 Å². The molecule has 0 unspecified atom stereocenters. The van der Waals surface area contributed by atoms with Gasteiger partial charge in [0, 0.05) is 16.9 Å². The second-order valence-corrected chi connectivity index (χ2v) is 4.84. The Balaban J connectivity index is 2.14. The molecule has 17 heavy (non-hydrogen) atoms. The molecule has 1 aromatic carbocycles. The quantitative estimate of drug-likeness (QED) is 0.829.